The van der Waals surface area contributed by atoms with E-state index in [-0.39, 0.29) is 11.9 Å². The van der Waals surface area contributed by atoms with Gasteiger partial charge in [-0.3, -0.25) is 0 Å². The van der Waals surface area contributed by atoms with E-state index in [1.54, 1.807) is 0 Å². The molecule has 16 heavy (non-hydrogen) atoms. The van der Waals surface area contributed by atoms with Crippen molar-refractivity contribution >= 4 is 15.9 Å². The minimum atomic E-state index is -0.222. The fraction of sp³-hybridized carbons (Fsp3) is 0.500. The highest BCUT2D eigenvalue weighted by Crippen LogP contribution is 2.22. The van der Waals surface area contributed by atoms with Gasteiger partial charge in [0.15, 0.2) is 0 Å². The maximum Gasteiger partial charge on any atom is 0.137 e. The standard InChI is InChI=1S/C12H15BrFNO/c1-8(15-10-4-5-16-7-10)9-2-3-12(14)11(13)6-9/h2-3,6,8,10,15H,4-5,7H2,1H3. The predicted octanol–water partition coefficient (Wildman–Crippen LogP) is 3.03. The zero-order chi connectivity index (χ0) is 11.5. The first-order chi connectivity index (χ1) is 7.66. The molecule has 0 aromatic heterocycles. The molecule has 2 atom stereocenters. The Balaban J connectivity index is 2.02. The average molecular weight is 288 g/mol. The smallest absolute Gasteiger partial charge is 0.137 e. The van der Waals surface area contributed by atoms with E-state index in [1.165, 1.54) is 6.07 Å². The SMILES string of the molecule is CC(NC1CCOC1)c1ccc(F)c(Br)c1. The van der Waals surface area contributed by atoms with Gasteiger partial charge in [-0.1, -0.05) is 6.07 Å². The van der Waals surface area contributed by atoms with Gasteiger partial charge < -0.3 is 10.1 Å². The Morgan fingerprint density at radius 2 is 2.38 bits per heavy atom. The van der Waals surface area contributed by atoms with Crippen LogP contribution in [0.25, 0.3) is 0 Å². The van der Waals surface area contributed by atoms with E-state index < -0.39 is 0 Å². The summed E-state index contributed by atoms with van der Waals surface area (Å²) in [6, 6.07) is 5.75. The van der Waals surface area contributed by atoms with Crippen molar-refractivity contribution in [3.05, 3.63) is 34.1 Å². The minimum Gasteiger partial charge on any atom is -0.380 e. The van der Waals surface area contributed by atoms with Crippen molar-refractivity contribution in [3.8, 4) is 0 Å². The Bertz CT molecular complexity index is 366. The number of rotatable bonds is 3. The van der Waals surface area contributed by atoms with Crippen molar-refractivity contribution in [1.29, 1.82) is 0 Å². The quantitative estimate of drug-likeness (QED) is 0.923. The topological polar surface area (TPSA) is 21.3 Å². The Kier molecular flexibility index (Phi) is 3.95. The van der Waals surface area contributed by atoms with Gasteiger partial charge in [0, 0.05) is 18.7 Å². The lowest BCUT2D eigenvalue weighted by molar-refractivity contribution is 0.188. The van der Waals surface area contributed by atoms with E-state index >= 15 is 0 Å². The summed E-state index contributed by atoms with van der Waals surface area (Å²) in [4.78, 5) is 0. The summed E-state index contributed by atoms with van der Waals surface area (Å²) in [6.45, 7) is 3.68. The lowest BCUT2D eigenvalue weighted by Crippen LogP contribution is -2.31. The molecule has 88 valence electrons. The van der Waals surface area contributed by atoms with Gasteiger partial charge in [0.1, 0.15) is 5.82 Å². The predicted molar refractivity (Wildman–Crippen MR) is 64.9 cm³/mol. The van der Waals surface area contributed by atoms with E-state index in [2.05, 4.69) is 28.2 Å². The van der Waals surface area contributed by atoms with E-state index in [1.807, 2.05) is 12.1 Å². The van der Waals surface area contributed by atoms with Gasteiger partial charge in [-0.2, -0.15) is 0 Å². The fourth-order valence-electron chi connectivity index (χ4n) is 1.90. The molecule has 1 heterocycles. The van der Waals surface area contributed by atoms with Gasteiger partial charge in [-0.15, -0.1) is 0 Å². The molecule has 1 aromatic rings. The molecule has 2 nitrogen and oxygen atoms in total. The summed E-state index contributed by atoms with van der Waals surface area (Å²) in [7, 11) is 0. The van der Waals surface area contributed by atoms with Crippen LogP contribution in [0.1, 0.15) is 24.9 Å². The van der Waals surface area contributed by atoms with E-state index in [4.69, 9.17) is 4.74 Å². The Hall–Kier alpha value is -0.450. The van der Waals surface area contributed by atoms with Crippen LogP contribution in [0.5, 0.6) is 0 Å². The highest BCUT2D eigenvalue weighted by atomic mass is 79.9. The lowest BCUT2D eigenvalue weighted by Gasteiger charge is -2.18. The number of hydrogen-bond donors (Lipinski definition) is 1. The van der Waals surface area contributed by atoms with Gasteiger partial charge in [-0.25, -0.2) is 4.39 Å². The normalized spacial score (nSPS) is 22.3. The van der Waals surface area contributed by atoms with Crippen LogP contribution in [0.4, 0.5) is 4.39 Å². The Morgan fingerprint density at radius 3 is 3.00 bits per heavy atom. The van der Waals surface area contributed by atoms with Crippen molar-refractivity contribution in [2.45, 2.75) is 25.4 Å². The van der Waals surface area contributed by atoms with Gasteiger partial charge in [0.25, 0.3) is 0 Å². The molecule has 2 rings (SSSR count). The number of hydrogen-bond acceptors (Lipinski definition) is 2. The van der Waals surface area contributed by atoms with Crippen LogP contribution < -0.4 is 5.32 Å². The molecule has 2 unspecified atom stereocenters. The van der Waals surface area contributed by atoms with Crippen molar-refractivity contribution in [2.75, 3.05) is 13.2 Å². The fourth-order valence-corrected chi connectivity index (χ4v) is 2.29. The van der Waals surface area contributed by atoms with E-state index in [0.29, 0.717) is 10.5 Å². The molecule has 0 aliphatic carbocycles. The van der Waals surface area contributed by atoms with Crippen molar-refractivity contribution < 1.29 is 9.13 Å². The molecule has 1 N–H and O–H groups in total. The van der Waals surface area contributed by atoms with Crippen molar-refractivity contribution in [1.82, 2.24) is 5.32 Å². The molecule has 0 spiro atoms. The summed E-state index contributed by atoms with van der Waals surface area (Å²) in [5.74, 6) is -0.222. The third kappa shape index (κ3) is 2.81. The van der Waals surface area contributed by atoms with Crippen molar-refractivity contribution in [3.63, 3.8) is 0 Å². The van der Waals surface area contributed by atoms with Crippen LogP contribution >= 0.6 is 15.9 Å². The van der Waals surface area contributed by atoms with Crippen LogP contribution in [-0.2, 0) is 4.74 Å². The van der Waals surface area contributed by atoms with Crippen molar-refractivity contribution in [2.24, 2.45) is 0 Å². The zero-order valence-electron chi connectivity index (χ0n) is 9.17. The van der Waals surface area contributed by atoms with Crippen LogP contribution in [0.3, 0.4) is 0 Å². The summed E-state index contributed by atoms with van der Waals surface area (Å²) in [5.41, 5.74) is 1.08. The van der Waals surface area contributed by atoms with Crippen LogP contribution in [0.2, 0.25) is 0 Å². The summed E-state index contributed by atoms with van der Waals surface area (Å²) < 4.78 is 18.9. The highest BCUT2D eigenvalue weighted by Gasteiger charge is 2.18. The zero-order valence-corrected chi connectivity index (χ0v) is 10.8. The van der Waals surface area contributed by atoms with Gasteiger partial charge in [0.05, 0.1) is 11.1 Å². The summed E-state index contributed by atoms with van der Waals surface area (Å²) in [6.07, 6.45) is 1.05. The largest absolute Gasteiger partial charge is 0.380 e. The van der Waals surface area contributed by atoms with Gasteiger partial charge in [0.2, 0.25) is 0 Å². The summed E-state index contributed by atoms with van der Waals surface area (Å²) in [5, 5.41) is 3.47. The first-order valence-corrected chi connectivity index (χ1v) is 6.25. The molecule has 0 saturated carbocycles. The average Bonchev–Trinajstić information content (AvgIpc) is 2.74. The van der Waals surface area contributed by atoms with Gasteiger partial charge >= 0.3 is 0 Å². The van der Waals surface area contributed by atoms with Crippen LogP contribution in [-0.4, -0.2) is 19.3 Å². The minimum absolute atomic E-state index is 0.212. The Labute approximate surface area is 103 Å². The third-order valence-electron chi connectivity index (χ3n) is 2.86. The molecule has 1 saturated heterocycles. The molecule has 1 aromatic carbocycles. The molecule has 0 radical (unpaired) electrons. The molecule has 1 aliphatic heterocycles. The van der Waals surface area contributed by atoms with E-state index in [0.717, 1.165) is 25.2 Å². The maximum absolute atomic E-state index is 13.1. The number of benzene rings is 1. The first-order valence-electron chi connectivity index (χ1n) is 5.45. The first kappa shape index (κ1) is 12.0. The highest BCUT2D eigenvalue weighted by molar-refractivity contribution is 9.10. The van der Waals surface area contributed by atoms with E-state index in [9.17, 15) is 4.39 Å². The second-order valence-electron chi connectivity index (χ2n) is 4.12. The number of ether oxygens (including phenoxy) is 1. The van der Waals surface area contributed by atoms with Crippen LogP contribution in [0, 0.1) is 5.82 Å². The second kappa shape index (κ2) is 5.25. The lowest BCUT2D eigenvalue weighted by atomic mass is 10.1. The molecule has 4 heteroatoms. The molecular formula is C12H15BrFNO. The monoisotopic (exact) mass is 287 g/mol. The molecule has 0 bridgehead atoms. The van der Waals surface area contributed by atoms with Gasteiger partial charge in [-0.05, 0) is 47.0 Å². The third-order valence-corrected chi connectivity index (χ3v) is 3.47. The molecular weight excluding hydrogens is 273 g/mol. The molecule has 1 fully saturated rings. The maximum atomic E-state index is 13.1. The number of halogens is 2. The summed E-state index contributed by atoms with van der Waals surface area (Å²) >= 11 is 3.20. The second-order valence-corrected chi connectivity index (χ2v) is 4.98. The molecule has 1 aliphatic rings. The molecule has 0 amide bonds. The van der Waals surface area contributed by atoms with Crippen LogP contribution in [0.15, 0.2) is 22.7 Å². The number of nitrogens with one attached hydrogen (secondary N) is 1. The Morgan fingerprint density at radius 1 is 1.56 bits per heavy atom.